The summed E-state index contributed by atoms with van der Waals surface area (Å²) < 4.78 is 36.3. The molecule has 0 aliphatic carbocycles. The second-order valence-corrected chi connectivity index (χ2v) is 9.15. The van der Waals surface area contributed by atoms with Crippen molar-refractivity contribution in [3.63, 3.8) is 0 Å². The van der Waals surface area contributed by atoms with E-state index in [2.05, 4.69) is 28.7 Å². The standard InChI is InChI=1S/C18H19N3O5S2/c1-12(2)13-5-7-14(8-6-13)18-20-15(26-21-18)11-25-16(22)10-19-28(23,24)17-4-3-9-27-17/h3-9,12,19H,10-11H2,1-2H3. The van der Waals surface area contributed by atoms with Gasteiger partial charge < -0.3 is 9.26 Å². The molecule has 3 aromatic rings. The van der Waals surface area contributed by atoms with Gasteiger partial charge in [-0.25, -0.2) is 8.42 Å². The minimum Gasteiger partial charge on any atom is -0.455 e. The summed E-state index contributed by atoms with van der Waals surface area (Å²) in [6.45, 7) is 3.49. The first-order valence-corrected chi connectivity index (χ1v) is 10.8. The minimum atomic E-state index is -3.72. The van der Waals surface area contributed by atoms with Crippen molar-refractivity contribution in [3.05, 3.63) is 53.2 Å². The molecule has 8 nitrogen and oxygen atoms in total. The third kappa shape index (κ3) is 5.03. The Hall–Kier alpha value is -2.56. The fraction of sp³-hybridized carbons (Fsp3) is 0.278. The Bertz CT molecular complexity index is 1030. The number of carbonyl (C=O) groups excluding carboxylic acids is 1. The largest absolute Gasteiger partial charge is 0.455 e. The maximum Gasteiger partial charge on any atom is 0.321 e. The number of hydrogen-bond donors (Lipinski definition) is 1. The highest BCUT2D eigenvalue weighted by Crippen LogP contribution is 2.20. The van der Waals surface area contributed by atoms with Crippen molar-refractivity contribution >= 4 is 27.3 Å². The van der Waals surface area contributed by atoms with Crippen molar-refractivity contribution in [2.45, 2.75) is 30.6 Å². The maximum atomic E-state index is 11.9. The molecular weight excluding hydrogens is 402 g/mol. The zero-order valence-corrected chi connectivity index (χ0v) is 16.9. The van der Waals surface area contributed by atoms with Gasteiger partial charge in [-0.15, -0.1) is 11.3 Å². The van der Waals surface area contributed by atoms with Gasteiger partial charge in [0, 0.05) is 5.56 Å². The monoisotopic (exact) mass is 421 g/mol. The predicted molar refractivity (Wildman–Crippen MR) is 103 cm³/mol. The van der Waals surface area contributed by atoms with E-state index in [1.165, 1.54) is 11.6 Å². The molecule has 0 fully saturated rings. The molecule has 1 N–H and O–H groups in total. The molecule has 0 atom stereocenters. The van der Waals surface area contributed by atoms with Gasteiger partial charge in [-0.1, -0.05) is 49.3 Å². The van der Waals surface area contributed by atoms with Crippen LogP contribution in [0.3, 0.4) is 0 Å². The first kappa shape index (κ1) is 20.2. The smallest absolute Gasteiger partial charge is 0.321 e. The van der Waals surface area contributed by atoms with Crippen LogP contribution in [0, 0.1) is 0 Å². The molecule has 0 unspecified atom stereocenters. The van der Waals surface area contributed by atoms with E-state index >= 15 is 0 Å². The molecule has 148 valence electrons. The zero-order valence-electron chi connectivity index (χ0n) is 15.3. The summed E-state index contributed by atoms with van der Waals surface area (Å²) >= 11 is 1.06. The van der Waals surface area contributed by atoms with Crippen LogP contribution in [0.2, 0.25) is 0 Å². The number of aromatic nitrogens is 2. The molecule has 3 rings (SSSR count). The summed E-state index contributed by atoms with van der Waals surface area (Å²) in [5.41, 5.74) is 1.99. The average molecular weight is 422 g/mol. The molecule has 2 heterocycles. The molecule has 2 aromatic heterocycles. The molecule has 28 heavy (non-hydrogen) atoms. The quantitative estimate of drug-likeness (QED) is 0.557. The fourth-order valence-corrected chi connectivity index (χ4v) is 4.29. The lowest BCUT2D eigenvalue weighted by molar-refractivity contribution is -0.144. The molecule has 10 heteroatoms. The van der Waals surface area contributed by atoms with Crippen LogP contribution in [0.4, 0.5) is 0 Å². The second-order valence-electron chi connectivity index (χ2n) is 6.21. The molecule has 0 aliphatic heterocycles. The Morgan fingerprint density at radius 3 is 2.64 bits per heavy atom. The van der Waals surface area contributed by atoms with Crippen molar-refractivity contribution in [1.82, 2.24) is 14.9 Å². The van der Waals surface area contributed by atoms with Crippen molar-refractivity contribution < 1.29 is 22.5 Å². The number of sulfonamides is 1. The topological polar surface area (TPSA) is 111 Å². The lowest BCUT2D eigenvalue weighted by Crippen LogP contribution is -2.30. The number of benzene rings is 1. The average Bonchev–Trinajstić information content (AvgIpc) is 3.37. The number of hydrogen-bond acceptors (Lipinski definition) is 8. The van der Waals surface area contributed by atoms with E-state index in [9.17, 15) is 13.2 Å². The van der Waals surface area contributed by atoms with Crippen LogP contribution in [-0.4, -0.2) is 31.1 Å². The number of esters is 1. The van der Waals surface area contributed by atoms with E-state index in [-0.39, 0.29) is 16.7 Å². The van der Waals surface area contributed by atoms with E-state index in [0.29, 0.717) is 11.7 Å². The second kappa shape index (κ2) is 8.63. The third-order valence-corrected chi connectivity index (χ3v) is 6.63. The van der Waals surface area contributed by atoms with Crippen LogP contribution in [0.25, 0.3) is 11.4 Å². The predicted octanol–water partition coefficient (Wildman–Crippen LogP) is 2.94. The van der Waals surface area contributed by atoms with Gasteiger partial charge in [0.1, 0.15) is 10.8 Å². The lowest BCUT2D eigenvalue weighted by Gasteiger charge is -2.04. The summed E-state index contributed by atoms with van der Waals surface area (Å²) in [5, 5.41) is 5.51. The molecule has 0 aliphatic rings. The molecule has 0 bridgehead atoms. The highest BCUT2D eigenvalue weighted by atomic mass is 32.2. The number of thiophene rings is 1. The molecular formula is C18H19N3O5S2. The van der Waals surface area contributed by atoms with E-state index in [0.717, 1.165) is 16.9 Å². The lowest BCUT2D eigenvalue weighted by atomic mass is 10.0. The van der Waals surface area contributed by atoms with Gasteiger partial charge in [-0.3, -0.25) is 4.79 Å². The molecule has 0 amide bonds. The Labute approximate surface area is 166 Å². The maximum absolute atomic E-state index is 11.9. The summed E-state index contributed by atoms with van der Waals surface area (Å²) in [6.07, 6.45) is 0. The van der Waals surface area contributed by atoms with Gasteiger partial charge in [0.05, 0.1) is 0 Å². The van der Waals surface area contributed by atoms with E-state index < -0.39 is 22.5 Å². The molecule has 1 aromatic carbocycles. The van der Waals surface area contributed by atoms with Crippen molar-refractivity contribution in [3.8, 4) is 11.4 Å². The van der Waals surface area contributed by atoms with Crippen LogP contribution in [0.1, 0.15) is 31.2 Å². The highest BCUT2D eigenvalue weighted by Gasteiger charge is 2.17. The number of carbonyl (C=O) groups is 1. The first-order valence-electron chi connectivity index (χ1n) is 8.47. The fourth-order valence-electron chi connectivity index (χ4n) is 2.28. The number of nitrogens with zero attached hydrogens (tertiary/aromatic N) is 2. The number of ether oxygens (including phenoxy) is 1. The van der Waals surface area contributed by atoms with Gasteiger partial charge in [-0.2, -0.15) is 9.71 Å². The molecule has 0 saturated heterocycles. The summed E-state index contributed by atoms with van der Waals surface area (Å²) in [5.74, 6) is 0.185. The van der Waals surface area contributed by atoms with E-state index in [4.69, 9.17) is 9.26 Å². The van der Waals surface area contributed by atoms with Gasteiger partial charge in [0.25, 0.3) is 15.9 Å². The normalized spacial score (nSPS) is 11.7. The first-order chi connectivity index (χ1) is 13.3. The molecule has 0 saturated carbocycles. The summed E-state index contributed by atoms with van der Waals surface area (Å²) in [6, 6.07) is 10.9. The van der Waals surface area contributed by atoms with Crippen LogP contribution in [0.5, 0.6) is 0 Å². The SMILES string of the molecule is CC(C)c1ccc(-c2noc(COC(=O)CNS(=O)(=O)c3cccs3)n2)cc1. The number of nitrogens with one attached hydrogen (secondary N) is 1. The van der Waals surface area contributed by atoms with Crippen molar-refractivity contribution in [2.24, 2.45) is 0 Å². The molecule has 0 radical (unpaired) electrons. The van der Waals surface area contributed by atoms with Crippen LogP contribution in [0.15, 0.2) is 50.5 Å². The summed E-state index contributed by atoms with van der Waals surface area (Å²) in [7, 11) is -3.72. The third-order valence-electron chi connectivity index (χ3n) is 3.83. The Morgan fingerprint density at radius 2 is 2.00 bits per heavy atom. The minimum absolute atomic E-state index is 0.123. The van der Waals surface area contributed by atoms with Gasteiger partial charge >= 0.3 is 5.97 Å². The van der Waals surface area contributed by atoms with Crippen molar-refractivity contribution in [2.75, 3.05) is 6.54 Å². The number of rotatable bonds is 8. The van der Waals surface area contributed by atoms with Crippen LogP contribution >= 0.6 is 11.3 Å². The summed E-state index contributed by atoms with van der Waals surface area (Å²) in [4.78, 5) is 16.0. The zero-order chi connectivity index (χ0) is 20.1. The van der Waals surface area contributed by atoms with Crippen LogP contribution in [-0.2, 0) is 26.2 Å². The van der Waals surface area contributed by atoms with Gasteiger partial charge in [0.15, 0.2) is 6.61 Å². The van der Waals surface area contributed by atoms with Gasteiger partial charge in [0.2, 0.25) is 5.82 Å². The Balaban J connectivity index is 1.52. The van der Waals surface area contributed by atoms with Crippen molar-refractivity contribution in [1.29, 1.82) is 0 Å². The highest BCUT2D eigenvalue weighted by molar-refractivity contribution is 7.91. The van der Waals surface area contributed by atoms with Gasteiger partial charge in [-0.05, 0) is 22.9 Å². The molecule has 0 spiro atoms. The Kier molecular flexibility index (Phi) is 6.22. The van der Waals surface area contributed by atoms with E-state index in [1.807, 2.05) is 24.3 Å². The van der Waals surface area contributed by atoms with Crippen LogP contribution < -0.4 is 4.72 Å². The van der Waals surface area contributed by atoms with E-state index in [1.54, 1.807) is 11.4 Å². The Morgan fingerprint density at radius 1 is 1.25 bits per heavy atom.